The van der Waals surface area contributed by atoms with Crippen molar-refractivity contribution in [1.29, 1.82) is 0 Å². The van der Waals surface area contributed by atoms with E-state index in [9.17, 15) is 4.79 Å². The van der Waals surface area contributed by atoms with Crippen molar-refractivity contribution < 1.29 is 4.79 Å². The van der Waals surface area contributed by atoms with Crippen LogP contribution in [0.3, 0.4) is 0 Å². The molecule has 2 aromatic rings. The highest BCUT2D eigenvalue weighted by Gasteiger charge is 2.26. The predicted octanol–water partition coefficient (Wildman–Crippen LogP) is 3.86. The fraction of sp³-hybridized carbons (Fsp3) is 0.350. The van der Waals surface area contributed by atoms with E-state index < -0.39 is 0 Å². The highest BCUT2D eigenvalue weighted by Crippen LogP contribution is 2.34. The van der Waals surface area contributed by atoms with Gasteiger partial charge in [0.2, 0.25) is 5.91 Å². The number of fused-ring (bicyclic) bond motifs is 1. The minimum atomic E-state index is 0.0468. The summed E-state index contributed by atoms with van der Waals surface area (Å²) in [5.74, 6) is 0.0468. The summed E-state index contributed by atoms with van der Waals surface area (Å²) in [6.07, 6.45) is 2.19. The molecule has 3 heteroatoms. The van der Waals surface area contributed by atoms with Gasteiger partial charge in [0.05, 0.1) is 6.54 Å². The third kappa shape index (κ3) is 3.30. The molecule has 0 aromatic heterocycles. The Hall–Kier alpha value is -2.13. The first-order valence-electron chi connectivity index (χ1n) is 8.20. The van der Waals surface area contributed by atoms with Gasteiger partial charge in [-0.3, -0.25) is 9.69 Å². The standard InChI is InChI=1S/C20H24N2O/c1-14-7-6-10-18(15(14)2)21-20(23)13-22(3)19-12-11-16-8-4-5-9-17(16)19/h4-10,19H,11-13H2,1-3H3,(H,21,23). The quantitative estimate of drug-likeness (QED) is 0.930. The molecular weight excluding hydrogens is 284 g/mol. The normalized spacial score (nSPS) is 16.4. The van der Waals surface area contributed by atoms with Gasteiger partial charge in [-0.1, -0.05) is 36.4 Å². The monoisotopic (exact) mass is 308 g/mol. The van der Waals surface area contributed by atoms with Crippen LogP contribution in [0.4, 0.5) is 5.69 Å². The summed E-state index contributed by atoms with van der Waals surface area (Å²) < 4.78 is 0. The molecule has 3 nitrogen and oxygen atoms in total. The molecule has 1 N–H and O–H groups in total. The second-order valence-electron chi connectivity index (χ2n) is 6.46. The number of likely N-dealkylation sites (N-methyl/N-ethyl adjacent to an activating group) is 1. The Morgan fingerprint density at radius 3 is 2.78 bits per heavy atom. The van der Waals surface area contributed by atoms with Gasteiger partial charge in [-0.2, -0.15) is 0 Å². The van der Waals surface area contributed by atoms with Crippen LogP contribution in [0.15, 0.2) is 42.5 Å². The Kier molecular flexibility index (Phi) is 4.49. The van der Waals surface area contributed by atoms with Crippen molar-refractivity contribution >= 4 is 11.6 Å². The van der Waals surface area contributed by atoms with E-state index in [2.05, 4.69) is 47.5 Å². The van der Waals surface area contributed by atoms with E-state index in [0.717, 1.165) is 24.1 Å². The number of rotatable bonds is 4. The molecule has 1 aliphatic carbocycles. The van der Waals surface area contributed by atoms with Gasteiger partial charge in [-0.25, -0.2) is 0 Å². The van der Waals surface area contributed by atoms with Crippen molar-refractivity contribution in [2.75, 3.05) is 18.9 Å². The fourth-order valence-electron chi connectivity index (χ4n) is 3.41. The lowest BCUT2D eigenvalue weighted by atomic mass is 10.1. The summed E-state index contributed by atoms with van der Waals surface area (Å²) in [4.78, 5) is 14.6. The maximum absolute atomic E-state index is 12.4. The molecule has 1 amide bonds. The number of nitrogens with zero attached hydrogens (tertiary/aromatic N) is 1. The number of amides is 1. The van der Waals surface area contributed by atoms with E-state index in [-0.39, 0.29) is 5.91 Å². The topological polar surface area (TPSA) is 32.3 Å². The van der Waals surface area contributed by atoms with Crippen molar-refractivity contribution in [2.45, 2.75) is 32.7 Å². The van der Waals surface area contributed by atoms with Gasteiger partial charge in [0.1, 0.15) is 0 Å². The summed E-state index contributed by atoms with van der Waals surface area (Å²) in [6.45, 7) is 4.51. The number of benzene rings is 2. The summed E-state index contributed by atoms with van der Waals surface area (Å²) >= 11 is 0. The number of hydrogen-bond acceptors (Lipinski definition) is 2. The molecule has 2 aromatic carbocycles. The molecule has 0 bridgehead atoms. The largest absolute Gasteiger partial charge is 0.325 e. The lowest BCUT2D eigenvalue weighted by Gasteiger charge is -2.24. The Morgan fingerprint density at radius 1 is 1.17 bits per heavy atom. The molecule has 3 rings (SSSR count). The highest BCUT2D eigenvalue weighted by molar-refractivity contribution is 5.93. The molecule has 120 valence electrons. The summed E-state index contributed by atoms with van der Waals surface area (Å²) in [5.41, 5.74) is 6.03. The van der Waals surface area contributed by atoms with Crippen LogP contribution in [0.25, 0.3) is 0 Å². The third-order valence-corrected chi connectivity index (χ3v) is 4.90. The zero-order valence-electron chi connectivity index (χ0n) is 14.1. The summed E-state index contributed by atoms with van der Waals surface area (Å²) in [7, 11) is 2.04. The van der Waals surface area contributed by atoms with E-state index in [1.54, 1.807) is 0 Å². The van der Waals surface area contributed by atoms with Crippen LogP contribution in [0, 0.1) is 13.8 Å². The molecule has 0 saturated carbocycles. The summed E-state index contributed by atoms with van der Waals surface area (Å²) in [5, 5.41) is 3.05. The molecule has 1 unspecified atom stereocenters. The Labute approximate surface area is 138 Å². The number of nitrogens with one attached hydrogen (secondary N) is 1. The van der Waals surface area contributed by atoms with E-state index >= 15 is 0 Å². The van der Waals surface area contributed by atoms with E-state index in [1.165, 1.54) is 16.7 Å². The molecule has 1 aliphatic rings. The van der Waals surface area contributed by atoms with Gasteiger partial charge in [0.25, 0.3) is 0 Å². The maximum Gasteiger partial charge on any atom is 0.238 e. The van der Waals surface area contributed by atoms with Crippen LogP contribution in [-0.4, -0.2) is 24.4 Å². The van der Waals surface area contributed by atoms with E-state index in [1.807, 2.05) is 26.1 Å². The first-order chi connectivity index (χ1) is 11.1. The second-order valence-corrected chi connectivity index (χ2v) is 6.46. The van der Waals surface area contributed by atoms with Crippen molar-refractivity contribution in [3.05, 3.63) is 64.7 Å². The van der Waals surface area contributed by atoms with Gasteiger partial charge in [-0.15, -0.1) is 0 Å². The predicted molar refractivity (Wildman–Crippen MR) is 94.7 cm³/mol. The minimum absolute atomic E-state index is 0.0468. The Balaban J connectivity index is 1.65. The van der Waals surface area contributed by atoms with Crippen LogP contribution in [0.5, 0.6) is 0 Å². The van der Waals surface area contributed by atoms with Crippen molar-refractivity contribution in [3.8, 4) is 0 Å². The van der Waals surface area contributed by atoms with Crippen molar-refractivity contribution in [1.82, 2.24) is 4.90 Å². The SMILES string of the molecule is Cc1cccc(NC(=O)CN(C)C2CCc3ccccc32)c1C. The van der Waals surface area contributed by atoms with Gasteiger partial charge in [-0.05, 0) is 62.1 Å². The highest BCUT2D eigenvalue weighted by atomic mass is 16.2. The smallest absolute Gasteiger partial charge is 0.238 e. The number of aryl methyl sites for hydroxylation is 2. The number of anilines is 1. The average molecular weight is 308 g/mol. The molecule has 0 radical (unpaired) electrons. The van der Waals surface area contributed by atoms with Crippen molar-refractivity contribution in [2.24, 2.45) is 0 Å². The first-order valence-corrected chi connectivity index (χ1v) is 8.20. The molecule has 0 heterocycles. The molecule has 23 heavy (non-hydrogen) atoms. The molecule has 0 aliphatic heterocycles. The summed E-state index contributed by atoms with van der Waals surface area (Å²) in [6, 6.07) is 14.9. The van der Waals surface area contributed by atoms with Gasteiger partial charge in [0, 0.05) is 11.7 Å². The number of carbonyl (C=O) groups is 1. The maximum atomic E-state index is 12.4. The fourth-order valence-corrected chi connectivity index (χ4v) is 3.41. The lowest BCUT2D eigenvalue weighted by Crippen LogP contribution is -2.32. The molecule has 0 spiro atoms. The van der Waals surface area contributed by atoms with E-state index in [4.69, 9.17) is 0 Å². The van der Waals surface area contributed by atoms with Gasteiger partial charge < -0.3 is 5.32 Å². The van der Waals surface area contributed by atoms with Crippen LogP contribution >= 0.6 is 0 Å². The molecular formula is C20H24N2O. The molecule has 1 atom stereocenters. The molecule has 0 saturated heterocycles. The number of carbonyl (C=O) groups excluding carboxylic acids is 1. The molecule has 0 fully saturated rings. The lowest BCUT2D eigenvalue weighted by molar-refractivity contribution is -0.117. The van der Waals surface area contributed by atoms with Crippen LogP contribution in [0.2, 0.25) is 0 Å². The van der Waals surface area contributed by atoms with Crippen LogP contribution < -0.4 is 5.32 Å². The Bertz CT molecular complexity index is 723. The first kappa shape index (κ1) is 15.8. The van der Waals surface area contributed by atoms with Crippen LogP contribution in [-0.2, 0) is 11.2 Å². The van der Waals surface area contributed by atoms with E-state index in [0.29, 0.717) is 12.6 Å². The number of hydrogen-bond donors (Lipinski definition) is 1. The van der Waals surface area contributed by atoms with Crippen LogP contribution in [0.1, 0.15) is 34.7 Å². The second kappa shape index (κ2) is 6.55. The van der Waals surface area contributed by atoms with Crippen molar-refractivity contribution in [3.63, 3.8) is 0 Å². The zero-order valence-corrected chi connectivity index (χ0v) is 14.1. The van der Waals surface area contributed by atoms with Gasteiger partial charge >= 0.3 is 0 Å². The van der Waals surface area contributed by atoms with Gasteiger partial charge in [0.15, 0.2) is 0 Å². The average Bonchev–Trinajstić information content (AvgIpc) is 2.96. The zero-order chi connectivity index (χ0) is 16.4. The third-order valence-electron chi connectivity index (χ3n) is 4.90. The Morgan fingerprint density at radius 2 is 1.96 bits per heavy atom. The minimum Gasteiger partial charge on any atom is -0.325 e.